The molecule has 1 aromatic carbocycles. The molecule has 5 rings (SSSR count). The minimum atomic E-state index is -4.25. The zero-order valence-electron chi connectivity index (χ0n) is 26.2. The lowest BCUT2D eigenvalue weighted by Gasteiger charge is -2.35. The molecule has 12 nitrogen and oxygen atoms in total. The largest absolute Gasteiger partial charge is 0.467 e. The number of amides is 3. The molecule has 2 N–H and O–H groups in total. The average Bonchev–Trinajstić information content (AvgIpc) is 3.78. The number of methoxy groups -OCH3 is 1. The van der Waals surface area contributed by atoms with Crippen molar-refractivity contribution in [3.8, 4) is 0 Å². The molecule has 0 aromatic heterocycles. The van der Waals surface area contributed by atoms with Crippen LogP contribution in [0.4, 0.5) is 4.79 Å². The molecule has 1 unspecified atom stereocenters. The van der Waals surface area contributed by atoms with Crippen molar-refractivity contribution in [3.05, 3.63) is 28.7 Å². The molecule has 4 fully saturated rings. The summed E-state index contributed by atoms with van der Waals surface area (Å²) in [5, 5.41) is 5.54. The maximum atomic E-state index is 14.2. The van der Waals surface area contributed by atoms with Gasteiger partial charge in [0.15, 0.2) is 0 Å². The third kappa shape index (κ3) is 7.17. The Bertz CT molecular complexity index is 1440. The Morgan fingerprint density at radius 3 is 2.24 bits per heavy atom. The maximum Gasteiger partial charge on any atom is 0.408 e. The van der Waals surface area contributed by atoms with Crippen LogP contribution in [0, 0.1) is 23.2 Å². The van der Waals surface area contributed by atoms with Crippen LogP contribution in [-0.4, -0.2) is 80.7 Å². The molecule has 0 spiro atoms. The third-order valence-corrected chi connectivity index (χ3v) is 11.5. The van der Waals surface area contributed by atoms with E-state index in [-0.39, 0.29) is 29.9 Å². The summed E-state index contributed by atoms with van der Waals surface area (Å²) in [6.07, 6.45) is 1.69. The van der Waals surface area contributed by atoms with Crippen molar-refractivity contribution < 1.29 is 41.3 Å². The van der Waals surface area contributed by atoms with Crippen LogP contribution >= 0.6 is 15.9 Å². The lowest BCUT2D eigenvalue weighted by Crippen LogP contribution is -2.59. The van der Waals surface area contributed by atoms with E-state index in [1.807, 2.05) is 6.92 Å². The second kappa shape index (κ2) is 12.5. The van der Waals surface area contributed by atoms with Gasteiger partial charge < -0.3 is 25.0 Å². The van der Waals surface area contributed by atoms with Gasteiger partial charge in [0.05, 0.1) is 18.1 Å². The van der Waals surface area contributed by atoms with E-state index in [0.29, 0.717) is 29.2 Å². The number of carbonyl (C=O) groups is 4. The predicted molar refractivity (Wildman–Crippen MR) is 165 cm³/mol. The molecule has 4 aliphatic rings. The van der Waals surface area contributed by atoms with E-state index in [2.05, 4.69) is 26.6 Å². The van der Waals surface area contributed by atoms with E-state index in [0.717, 1.165) is 12.8 Å². The number of ether oxygens (including phenoxy) is 2. The van der Waals surface area contributed by atoms with Crippen molar-refractivity contribution >= 4 is 49.9 Å². The molecule has 3 amide bonds. The molecular weight excluding hydrogens is 670 g/mol. The van der Waals surface area contributed by atoms with Gasteiger partial charge in [-0.15, -0.1) is 0 Å². The Kier molecular flexibility index (Phi) is 9.33. The van der Waals surface area contributed by atoms with Crippen LogP contribution in [0.15, 0.2) is 33.6 Å². The lowest BCUT2D eigenvalue weighted by molar-refractivity contribution is -0.148. The topological polar surface area (TPSA) is 157 Å². The fraction of sp³-hybridized carbons (Fsp3) is 0.677. The average molecular weight is 713 g/mol. The smallest absolute Gasteiger partial charge is 0.408 e. The summed E-state index contributed by atoms with van der Waals surface area (Å²) >= 11 is 3.28. The summed E-state index contributed by atoms with van der Waals surface area (Å²) in [6, 6.07) is 3.63. The number of alkyl carbamates (subject to hydrolysis) is 1. The van der Waals surface area contributed by atoms with Gasteiger partial charge >= 0.3 is 12.1 Å². The first-order valence-corrected chi connectivity index (χ1v) is 17.6. The van der Waals surface area contributed by atoms with Gasteiger partial charge in [-0.3, -0.25) is 13.8 Å². The number of benzene rings is 1. The second-order valence-electron chi connectivity index (χ2n) is 13.8. The molecule has 248 valence electrons. The molecule has 8 atom stereocenters. The van der Waals surface area contributed by atoms with Crippen LogP contribution in [0.2, 0.25) is 0 Å². The predicted octanol–water partition coefficient (Wildman–Crippen LogP) is 3.52. The van der Waals surface area contributed by atoms with Crippen LogP contribution in [0.1, 0.15) is 66.2 Å². The number of rotatable bonds is 10. The zero-order chi connectivity index (χ0) is 32.9. The van der Waals surface area contributed by atoms with Gasteiger partial charge in [0.2, 0.25) is 11.8 Å². The van der Waals surface area contributed by atoms with Crippen LogP contribution in [-0.2, 0) is 38.2 Å². The van der Waals surface area contributed by atoms with Crippen LogP contribution < -0.4 is 10.6 Å². The Hall–Kier alpha value is -2.71. The van der Waals surface area contributed by atoms with Gasteiger partial charge in [-0.05, 0) is 73.1 Å². The van der Waals surface area contributed by atoms with E-state index >= 15 is 0 Å². The monoisotopic (exact) mass is 711 g/mol. The normalized spacial score (nSPS) is 31.0. The Morgan fingerprint density at radius 1 is 1.04 bits per heavy atom. The molecule has 45 heavy (non-hydrogen) atoms. The number of hydrogen-bond acceptors (Lipinski definition) is 9. The summed E-state index contributed by atoms with van der Waals surface area (Å²) in [7, 11) is -3.00. The summed E-state index contributed by atoms with van der Waals surface area (Å²) in [4.78, 5) is 54.9. The van der Waals surface area contributed by atoms with Gasteiger partial charge in [-0.2, -0.15) is 8.42 Å². The molecule has 14 heteroatoms. The number of nitrogens with zero attached hydrogens (tertiary/aromatic N) is 1. The number of esters is 1. The highest BCUT2D eigenvalue weighted by atomic mass is 79.9. The number of fused-ring (bicyclic) bond motifs is 1. The third-order valence-electron chi connectivity index (χ3n) is 9.56. The molecule has 3 aliphatic carbocycles. The van der Waals surface area contributed by atoms with E-state index in [1.165, 1.54) is 30.6 Å². The molecule has 0 bridgehead atoms. The van der Waals surface area contributed by atoms with Crippen molar-refractivity contribution in [2.45, 2.75) is 101 Å². The van der Waals surface area contributed by atoms with Gasteiger partial charge in [0.25, 0.3) is 10.1 Å². The first-order chi connectivity index (χ1) is 21.1. The number of hydrogen-bond donors (Lipinski definition) is 2. The van der Waals surface area contributed by atoms with E-state index in [9.17, 15) is 27.6 Å². The number of carbonyl (C=O) groups excluding carboxylic acids is 4. The quantitative estimate of drug-likeness (QED) is 0.274. The highest BCUT2D eigenvalue weighted by Crippen LogP contribution is 2.52. The fourth-order valence-electron chi connectivity index (χ4n) is 6.83. The molecule has 3 saturated carbocycles. The second-order valence-corrected chi connectivity index (χ2v) is 16.3. The molecule has 0 radical (unpaired) electrons. The minimum absolute atomic E-state index is 0.0774. The molecular formula is C31H42BrN3O9S. The summed E-state index contributed by atoms with van der Waals surface area (Å²) < 4.78 is 43.2. The summed E-state index contributed by atoms with van der Waals surface area (Å²) in [5.41, 5.74) is -2.01. The van der Waals surface area contributed by atoms with Gasteiger partial charge in [-0.25, -0.2) is 9.59 Å². The Balaban J connectivity index is 1.37. The molecule has 1 aliphatic heterocycles. The Labute approximate surface area is 272 Å². The summed E-state index contributed by atoms with van der Waals surface area (Å²) in [5.74, 6) is -0.725. The van der Waals surface area contributed by atoms with Gasteiger partial charge in [0, 0.05) is 17.4 Å². The number of nitrogens with one attached hydrogen (secondary N) is 2. The van der Waals surface area contributed by atoms with Crippen molar-refractivity contribution in [1.29, 1.82) is 0 Å². The maximum absolute atomic E-state index is 14.2. The van der Waals surface area contributed by atoms with Crippen molar-refractivity contribution in [2.24, 2.45) is 23.2 Å². The highest BCUT2D eigenvalue weighted by Gasteiger charge is 2.62. The minimum Gasteiger partial charge on any atom is -0.467 e. The van der Waals surface area contributed by atoms with Crippen molar-refractivity contribution in [2.75, 3.05) is 13.7 Å². The van der Waals surface area contributed by atoms with E-state index in [4.69, 9.17) is 13.7 Å². The first-order valence-electron chi connectivity index (χ1n) is 15.4. The zero-order valence-corrected chi connectivity index (χ0v) is 28.6. The fourth-order valence-corrected chi connectivity index (χ4v) is 8.17. The SMILES string of the molecule is CCC1C[C@]1(NC(=O)[C@@H]1C[C@H](OS(=O)(=O)c2ccc(Br)cc2)CN1C(=O)[C@@H](NC(=O)O[C@@H]1C[C@@H]2C[C@@H]2C1)C(C)(C)C)C(=O)OC. The summed E-state index contributed by atoms with van der Waals surface area (Å²) in [6.45, 7) is 7.00. The highest BCUT2D eigenvalue weighted by molar-refractivity contribution is 9.10. The number of likely N-dealkylation sites (tertiary alicyclic amines) is 1. The van der Waals surface area contributed by atoms with Gasteiger partial charge in [0.1, 0.15) is 23.7 Å². The van der Waals surface area contributed by atoms with Crippen LogP contribution in [0.25, 0.3) is 0 Å². The number of halogens is 1. The molecule has 1 heterocycles. The molecule has 1 saturated heterocycles. The van der Waals surface area contributed by atoms with Crippen LogP contribution in [0.5, 0.6) is 0 Å². The van der Waals surface area contributed by atoms with E-state index < -0.39 is 63.1 Å². The lowest BCUT2D eigenvalue weighted by atomic mass is 9.85. The first kappa shape index (κ1) is 33.6. The molecule has 1 aromatic rings. The van der Waals surface area contributed by atoms with Crippen molar-refractivity contribution in [3.63, 3.8) is 0 Å². The Morgan fingerprint density at radius 2 is 1.69 bits per heavy atom. The van der Waals surface area contributed by atoms with Gasteiger partial charge in [-0.1, -0.05) is 50.0 Å². The van der Waals surface area contributed by atoms with E-state index in [1.54, 1.807) is 32.9 Å². The van der Waals surface area contributed by atoms with Crippen LogP contribution in [0.3, 0.4) is 0 Å². The van der Waals surface area contributed by atoms with Crippen molar-refractivity contribution in [1.82, 2.24) is 15.5 Å². The standard InChI is InChI=1S/C31H42BrN3O9S/c1-6-19-15-31(19,28(38)42-5)34-26(36)24-14-22(44-45(40,41)23-9-7-20(32)8-10-23)16-35(24)27(37)25(30(2,3)4)33-29(39)43-21-12-17-11-18(17)13-21/h7-10,17-19,21-22,24-25H,6,11-16H2,1-5H3,(H,33,39)(H,34,36)/t17-,18+,19?,21+,22-,24-,25+,31+/m0/s1.